The molecule has 2 heterocycles. The summed E-state index contributed by atoms with van der Waals surface area (Å²) in [7, 11) is 0. The highest BCUT2D eigenvalue weighted by Crippen LogP contribution is 2.25. The van der Waals surface area contributed by atoms with Gasteiger partial charge in [0.05, 0.1) is 12.5 Å². The number of carbonyl (C=O) groups excluding carboxylic acids is 2. The average molecular weight is 389 g/mol. The minimum Gasteiger partial charge on any atom is -0.352 e. The Hall–Kier alpha value is -3.10. The average Bonchev–Trinajstić information content (AvgIpc) is 2.68. The summed E-state index contributed by atoms with van der Waals surface area (Å²) in [6, 6.07) is 6.03. The van der Waals surface area contributed by atoms with Crippen molar-refractivity contribution in [2.24, 2.45) is 0 Å². The molecule has 2 aromatic rings. The minimum absolute atomic E-state index is 0.220. The fourth-order valence-corrected chi connectivity index (χ4v) is 3.26. The lowest BCUT2D eigenvalue weighted by molar-refractivity contribution is -0.132. The number of benzene rings is 1. The smallest absolute Gasteiger partial charge is 0.225 e. The summed E-state index contributed by atoms with van der Waals surface area (Å²) in [6.45, 7) is 3.28. The van der Waals surface area contributed by atoms with Gasteiger partial charge in [-0.25, -0.2) is 8.78 Å². The van der Waals surface area contributed by atoms with Crippen molar-refractivity contribution >= 4 is 17.6 Å². The van der Waals surface area contributed by atoms with E-state index in [1.807, 2.05) is 11.0 Å². The van der Waals surface area contributed by atoms with E-state index in [1.54, 1.807) is 17.2 Å². The summed E-state index contributed by atoms with van der Waals surface area (Å²) in [6.07, 6.45) is 1.37. The zero-order valence-electron chi connectivity index (χ0n) is 15.4. The van der Waals surface area contributed by atoms with Crippen molar-refractivity contribution in [3.63, 3.8) is 0 Å². The van der Waals surface area contributed by atoms with Gasteiger partial charge in [0.25, 0.3) is 0 Å². The first kappa shape index (κ1) is 19.7. The summed E-state index contributed by atoms with van der Waals surface area (Å²) in [4.78, 5) is 27.9. The first-order chi connectivity index (χ1) is 13.5. The fraction of sp³-hybridized carbons (Fsp3) is 0.368. The van der Waals surface area contributed by atoms with Gasteiger partial charge in [-0.05, 0) is 24.3 Å². The van der Waals surface area contributed by atoms with Crippen LogP contribution in [0.4, 0.5) is 14.6 Å². The van der Waals surface area contributed by atoms with Crippen molar-refractivity contribution in [2.75, 3.05) is 31.1 Å². The van der Waals surface area contributed by atoms with Gasteiger partial charge in [-0.15, -0.1) is 5.10 Å². The van der Waals surface area contributed by atoms with Crippen molar-refractivity contribution in [2.45, 2.75) is 19.4 Å². The van der Waals surface area contributed by atoms with Crippen molar-refractivity contribution < 1.29 is 18.4 Å². The Morgan fingerprint density at radius 1 is 1.11 bits per heavy atom. The number of amides is 2. The van der Waals surface area contributed by atoms with Crippen LogP contribution >= 0.6 is 0 Å². The van der Waals surface area contributed by atoms with E-state index in [-0.39, 0.29) is 17.9 Å². The highest BCUT2D eigenvalue weighted by Gasteiger charge is 2.28. The summed E-state index contributed by atoms with van der Waals surface area (Å²) in [5, 5.41) is 10.4. The Kier molecular flexibility index (Phi) is 6.13. The summed E-state index contributed by atoms with van der Waals surface area (Å²) in [5.41, 5.74) is -0.302. The monoisotopic (exact) mass is 389 g/mol. The number of aromatic nitrogens is 2. The zero-order valence-corrected chi connectivity index (χ0v) is 15.4. The molecule has 28 heavy (non-hydrogen) atoms. The maximum Gasteiger partial charge on any atom is 0.225 e. The molecule has 1 unspecified atom stereocenters. The number of hydrogen-bond donors (Lipinski definition) is 1. The maximum absolute atomic E-state index is 14.1. The van der Waals surface area contributed by atoms with Crippen LogP contribution in [0, 0.1) is 11.6 Å². The third-order valence-electron chi connectivity index (χ3n) is 4.62. The molecular weight excluding hydrogens is 368 g/mol. The van der Waals surface area contributed by atoms with Crippen LogP contribution in [0.25, 0.3) is 0 Å². The van der Waals surface area contributed by atoms with E-state index in [4.69, 9.17) is 0 Å². The van der Waals surface area contributed by atoms with Crippen LogP contribution in [0.2, 0.25) is 0 Å². The summed E-state index contributed by atoms with van der Waals surface area (Å²) < 4.78 is 28.3. The first-order valence-electron chi connectivity index (χ1n) is 8.97. The molecule has 1 aliphatic rings. The molecule has 1 N–H and O–H groups in total. The van der Waals surface area contributed by atoms with E-state index < -0.39 is 23.6 Å². The van der Waals surface area contributed by atoms with E-state index in [2.05, 4.69) is 15.5 Å². The molecule has 0 radical (unpaired) electrons. The lowest BCUT2D eigenvalue weighted by Gasteiger charge is -2.35. The molecule has 0 spiro atoms. The molecule has 1 fully saturated rings. The van der Waals surface area contributed by atoms with Crippen molar-refractivity contribution in [3.05, 3.63) is 53.7 Å². The second-order valence-electron chi connectivity index (χ2n) is 6.54. The van der Waals surface area contributed by atoms with Gasteiger partial charge >= 0.3 is 0 Å². The summed E-state index contributed by atoms with van der Waals surface area (Å²) in [5.74, 6) is -1.59. The van der Waals surface area contributed by atoms with Gasteiger partial charge in [-0.1, -0.05) is 6.07 Å². The van der Waals surface area contributed by atoms with Gasteiger partial charge in [0.2, 0.25) is 11.8 Å². The Morgan fingerprint density at radius 2 is 1.79 bits per heavy atom. The van der Waals surface area contributed by atoms with Crippen LogP contribution in [0.5, 0.6) is 0 Å². The predicted molar refractivity (Wildman–Crippen MR) is 98.4 cm³/mol. The van der Waals surface area contributed by atoms with Crippen molar-refractivity contribution in [1.82, 2.24) is 20.4 Å². The molecule has 1 aliphatic heterocycles. The topological polar surface area (TPSA) is 78.4 Å². The van der Waals surface area contributed by atoms with E-state index in [0.717, 1.165) is 18.0 Å². The molecule has 1 aromatic heterocycles. The largest absolute Gasteiger partial charge is 0.352 e. The quantitative estimate of drug-likeness (QED) is 0.842. The number of carbonyl (C=O) groups is 2. The molecule has 148 valence electrons. The molecule has 1 atom stereocenters. The Bertz CT molecular complexity index is 821. The van der Waals surface area contributed by atoms with Gasteiger partial charge in [-0.3, -0.25) is 9.59 Å². The number of nitrogens with zero attached hydrogens (tertiary/aromatic N) is 4. The number of rotatable bonds is 5. The number of hydrogen-bond acceptors (Lipinski definition) is 5. The van der Waals surface area contributed by atoms with Crippen LogP contribution < -0.4 is 10.2 Å². The standard InChI is InChI=1S/C19H21F2N5O2/c1-13(27)23-16(19-14(20)4-2-5-15(19)21)12-18(28)26-10-8-25(9-11-26)17-6-3-7-22-24-17/h2-7,16H,8-12H2,1H3,(H,23,27). The van der Waals surface area contributed by atoms with Gasteiger partial charge < -0.3 is 15.1 Å². The molecule has 3 rings (SSSR count). The van der Waals surface area contributed by atoms with Gasteiger partial charge in [0.1, 0.15) is 11.6 Å². The molecule has 2 amide bonds. The number of piperazine rings is 1. The minimum atomic E-state index is -1.07. The predicted octanol–water partition coefficient (Wildman–Crippen LogP) is 1.67. The molecule has 1 saturated heterocycles. The molecule has 7 nitrogen and oxygen atoms in total. The normalized spacial score (nSPS) is 15.2. The molecular formula is C19H21F2N5O2. The van der Waals surface area contributed by atoms with E-state index in [0.29, 0.717) is 26.2 Å². The summed E-state index contributed by atoms with van der Waals surface area (Å²) >= 11 is 0. The number of nitrogens with one attached hydrogen (secondary N) is 1. The van der Waals surface area contributed by atoms with Crippen LogP contribution in [0.3, 0.4) is 0 Å². The van der Waals surface area contributed by atoms with Gasteiger partial charge in [0, 0.05) is 44.9 Å². The van der Waals surface area contributed by atoms with Crippen LogP contribution in [0.15, 0.2) is 36.5 Å². The van der Waals surface area contributed by atoms with E-state index in [1.165, 1.54) is 13.0 Å². The third kappa shape index (κ3) is 4.59. The van der Waals surface area contributed by atoms with Crippen molar-refractivity contribution in [3.8, 4) is 0 Å². The lowest BCUT2D eigenvalue weighted by atomic mass is 10.0. The first-order valence-corrected chi connectivity index (χ1v) is 8.97. The fourth-order valence-electron chi connectivity index (χ4n) is 3.26. The van der Waals surface area contributed by atoms with Crippen molar-refractivity contribution in [1.29, 1.82) is 0 Å². The van der Waals surface area contributed by atoms with Crippen LogP contribution in [0.1, 0.15) is 24.9 Å². The van der Waals surface area contributed by atoms with Crippen LogP contribution in [-0.2, 0) is 9.59 Å². The van der Waals surface area contributed by atoms with Gasteiger partial charge in [-0.2, -0.15) is 5.10 Å². The Morgan fingerprint density at radius 3 is 2.36 bits per heavy atom. The molecule has 0 bridgehead atoms. The van der Waals surface area contributed by atoms with Crippen LogP contribution in [-0.4, -0.2) is 53.1 Å². The molecule has 0 saturated carbocycles. The number of anilines is 1. The van der Waals surface area contributed by atoms with E-state index >= 15 is 0 Å². The van der Waals surface area contributed by atoms with Gasteiger partial charge in [0.15, 0.2) is 5.82 Å². The Balaban J connectivity index is 1.67. The SMILES string of the molecule is CC(=O)NC(CC(=O)N1CCN(c2cccnn2)CC1)c1c(F)cccc1F. The number of halogens is 2. The lowest BCUT2D eigenvalue weighted by Crippen LogP contribution is -2.49. The molecule has 9 heteroatoms. The third-order valence-corrected chi connectivity index (χ3v) is 4.62. The molecule has 1 aromatic carbocycles. The Labute approximate surface area is 161 Å². The maximum atomic E-state index is 14.1. The second-order valence-corrected chi connectivity index (χ2v) is 6.54. The highest BCUT2D eigenvalue weighted by molar-refractivity contribution is 5.79. The highest BCUT2D eigenvalue weighted by atomic mass is 19.1. The second kappa shape index (κ2) is 8.73. The molecule has 0 aliphatic carbocycles. The zero-order chi connectivity index (χ0) is 20.1. The van der Waals surface area contributed by atoms with E-state index in [9.17, 15) is 18.4 Å².